The second kappa shape index (κ2) is 6.28. The topological polar surface area (TPSA) is 54.0 Å². The van der Waals surface area contributed by atoms with Gasteiger partial charge in [-0.15, -0.1) is 0 Å². The molecule has 0 fully saturated rings. The molecule has 0 saturated heterocycles. The molecule has 18 heavy (non-hydrogen) atoms. The van der Waals surface area contributed by atoms with Crippen LogP contribution in [0.2, 0.25) is 0 Å². The van der Waals surface area contributed by atoms with Gasteiger partial charge in [0, 0.05) is 18.3 Å². The number of alkyl halides is 2. The van der Waals surface area contributed by atoms with Gasteiger partial charge in [0.05, 0.1) is 6.54 Å². The molecule has 0 bridgehead atoms. The molecule has 4 nitrogen and oxygen atoms in total. The number of carbonyl (C=O) groups is 1. The maximum Gasteiger partial charge on any atom is 0.255 e. The highest BCUT2D eigenvalue weighted by atomic mass is 19.3. The van der Waals surface area contributed by atoms with Gasteiger partial charge in [-0.1, -0.05) is 13.8 Å². The maximum atomic E-state index is 12.0. The summed E-state index contributed by atoms with van der Waals surface area (Å²) < 4.78 is 24.0. The Morgan fingerprint density at radius 1 is 1.39 bits per heavy atom. The normalized spacial score (nSPS) is 10.8. The molecule has 0 saturated carbocycles. The molecule has 0 aliphatic heterocycles. The van der Waals surface area contributed by atoms with E-state index in [1.54, 1.807) is 13.1 Å². The van der Waals surface area contributed by atoms with Crippen LogP contribution < -0.4 is 10.6 Å². The van der Waals surface area contributed by atoms with Gasteiger partial charge in [0.25, 0.3) is 12.3 Å². The zero-order valence-electron chi connectivity index (χ0n) is 10.6. The van der Waals surface area contributed by atoms with Crippen molar-refractivity contribution in [3.8, 4) is 0 Å². The molecule has 1 aromatic heterocycles. The third-order valence-electron chi connectivity index (χ3n) is 2.37. The van der Waals surface area contributed by atoms with Gasteiger partial charge in [0.1, 0.15) is 5.82 Å². The molecule has 0 radical (unpaired) electrons. The number of hydrogen-bond acceptors (Lipinski definition) is 3. The van der Waals surface area contributed by atoms with Gasteiger partial charge in [0.2, 0.25) is 0 Å². The van der Waals surface area contributed by atoms with Crippen molar-refractivity contribution in [1.29, 1.82) is 0 Å². The molecular weight excluding hydrogens is 240 g/mol. The zero-order chi connectivity index (χ0) is 13.7. The van der Waals surface area contributed by atoms with E-state index in [4.69, 9.17) is 0 Å². The molecular formula is C12H17F2N3O. The number of anilines is 1. The van der Waals surface area contributed by atoms with Gasteiger partial charge in [-0.2, -0.15) is 0 Å². The lowest BCUT2D eigenvalue weighted by molar-refractivity contribution is 0.0891. The number of pyridine rings is 1. The van der Waals surface area contributed by atoms with Gasteiger partial charge < -0.3 is 10.6 Å². The highest BCUT2D eigenvalue weighted by molar-refractivity contribution is 5.95. The minimum Gasteiger partial charge on any atom is -0.373 e. The van der Waals surface area contributed by atoms with Crippen molar-refractivity contribution in [2.45, 2.75) is 26.2 Å². The number of aromatic nitrogens is 1. The lowest BCUT2D eigenvalue weighted by Crippen LogP contribution is -2.28. The summed E-state index contributed by atoms with van der Waals surface area (Å²) in [6.07, 6.45) is -2.55. The summed E-state index contributed by atoms with van der Waals surface area (Å²) in [5, 5.41) is 5.01. The highest BCUT2D eigenvalue weighted by Crippen LogP contribution is 2.17. The smallest absolute Gasteiger partial charge is 0.255 e. The van der Waals surface area contributed by atoms with E-state index in [1.807, 2.05) is 13.8 Å². The van der Waals surface area contributed by atoms with Crippen LogP contribution in [0, 0.1) is 0 Å². The summed E-state index contributed by atoms with van der Waals surface area (Å²) in [6.45, 7) is 3.25. The summed E-state index contributed by atoms with van der Waals surface area (Å²) in [4.78, 5) is 16.0. The minimum absolute atomic E-state index is 0.153. The van der Waals surface area contributed by atoms with E-state index in [0.717, 1.165) is 5.69 Å². The largest absolute Gasteiger partial charge is 0.373 e. The lowest BCUT2D eigenvalue weighted by atomic mass is 10.1. The zero-order valence-corrected chi connectivity index (χ0v) is 10.6. The SMILES string of the molecule is CNc1cc(C(=O)NCC(F)F)cc(C(C)C)n1. The Bertz CT molecular complexity index is 422. The fourth-order valence-corrected chi connectivity index (χ4v) is 1.38. The Hall–Kier alpha value is -1.72. The van der Waals surface area contributed by atoms with E-state index in [2.05, 4.69) is 15.6 Å². The molecule has 0 spiro atoms. The Balaban J connectivity index is 2.93. The summed E-state index contributed by atoms with van der Waals surface area (Å²) in [5.74, 6) is 0.180. The first-order valence-electron chi connectivity index (χ1n) is 5.70. The number of rotatable bonds is 5. The quantitative estimate of drug-likeness (QED) is 0.850. The van der Waals surface area contributed by atoms with Crippen LogP contribution in [0.3, 0.4) is 0 Å². The van der Waals surface area contributed by atoms with Crippen LogP contribution in [0.15, 0.2) is 12.1 Å². The first-order valence-corrected chi connectivity index (χ1v) is 5.70. The standard InChI is InChI=1S/C12H17F2N3O/c1-7(2)9-4-8(5-11(15-3)17-9)12(18)16-6-10(13)14/h4-5,7,10H,6H2,1-3H3,(H,15,17)(H,16,18). The third-order valence-corrected chi connectivity index (χ3v) is 2.37. The number of carbonyl (C=O) groups excluding carboxylic acids is 1. The van der Waals surface area contributed by atoms with Gasteiger partial charge in [-0.25, -0.2) is 13.8 Å². The maximum absolute atomic E-state index is 12.0. The van der Waals surface area contributed by atoms with Crippen LogP contribution in [0.5, 0.6) is 0 Å². The molecule has 100 valence electrons. The van der Waals surface area contributed by atoms with Crippen molar-refractivity contribution in [2.75, 3.05) is 18.9 Å². The predicted molar refractivity (Wildman–Crippen MR) is 66.2 cm³/mol. The Morgan fingerprint density at radius 2 is 2.06 bits per heavy atom. The molecule has 6 heteroatoms. The van der Waals surface area contributed by atoms with Crippen LogP contribution in [0.4, 0.5) is 14.6 Å². The van der Waals surface area contributed by atoms with Crippen molar-refractivity contribution >= 4 is 11.7 Å². The van der Waals surface area contributed by atoms with Gasteiger partial charge in [0.15, 0.2) is 0 Å². The van der Waals surface area contributed by atoms with Crippen LogP contribution in [0.25, 0.3) is 0 Å². The van der Waals surface area contributed by atoms with E-state index in [9.17, 15) is 13.6 Å². The monoisotopic (exact) mass is 257 g/mol. The Kier molecular flexibility index (Phi) is 5.00. The number of hydrogen-bond donors (Lipinski definition) is 2. The molecule has 1 rings (SSSR count). The molecule has 1 aromatic rings. The van der Waals surface area contributed by atoms with Gasteiger partial charge >= 0.3 is 0 Å². The Labute approximate surface area is 105 Å². The van der Waals surface area contributed by atoms with Crippen LogP contribution in [0.1, 0.15) is 35.8 Å². The second-order valence-electron chi connectivity index (χ2n) is 4.17. The summed E-state index contributed by atoms with van der Waals surface area (Å²) in [6, 6.07) is 3.15. The van der Waals surface area contributed by atoms with Crippen LogP contribution >= 0.6 is 0 Å². The van der Waals surface area contributed by atoms with Crippen LogP contribution in [-0.2, 0) is 0 Å². The van der Waals surface area contributed by atoms with E-state index in [-0.39, 0.29) is 5.92 Å². The van der Waals surface area contributed by atoms with Crippen LogP contribution in [-0.4, -0.2) is 30.9 Å². The van der Waals surface area contributed by atoms with E-state index < -0.39 is 18.9 Å². The molecule has 0 aliphatic rings. The van der Waals surface area contributed by atoms with Crippen molar-refractivity contribution in [2.24, 2.45) is 0 Å². The van der Waals surface area contributed by atoms with Crippen molar-refractivity contribution < 1.29 is 13.6 Å². The lowest BCUT2D eigenvalue weighted by Gasteiger charge is -2.11. The molecule has 0 aliphatic carbocycles. The molecule has 0 unspecified atom stereocenters. The van der Waals surface area contributed by atoms with Gasteiger partial charge in [-0.3, -0.25) is 4.79 Å². The molecule has 0 aromatic carbocycles. The fourth-order valence-electron chi connectivity index (χ4n) is 1.38. The Morgan fingerprint density at radius 3 is 2.56 bits per heavy atom. The van der Waals surface area contributed by atoms with Crippen molar-refractivity contribution in [3.05, 3.63) is 23.4 Å². The van der Waals surface area contributed by atoms with Crippen molar-refractivity contribution in [1.82, 2.24) is 10.3 Å². The third kappa shape index (κ3) is 3.94. The summed E-state index contributed by atoms with van der Waals surface area (Å²) in [5.41, 5.74) is 1.07. The number of halogens is 2. The van der Waals surface area contributed by atoms with Crippen molar-refractivity contribution in [3.63, 3.8) is 0 Å². The average molecular weight is 257 g/mol. The number of nitrogens with one attached hydrogen (secondary N) is 2. The number of nitrogens with zero attached hydrogens (tertiary/aromatic N) is 1. The fraction of sp³-hybridized carbons (Fsp3) is 0.500. The summed E-state index contributed by atoms with van der Waals surface area (Å²) in [7, 11) is 1.69. The molecule has 2 N–H and O–H groups in total. The first kappa shape index (κ1) is 14.3. The van der Waals surface area contributed by atoms with E-state index in [1.165, 1.54) is 6.07 Å². The van der Waals surface area contributed by atoms with Gasteiger partial charge in [-0.05, 0) is 18.1 Å². The van der Waals surface area contributed by atoms with E-state index >= 15 is 0 Å². The minimum atomic E-state index is -2.55. The average Bonchev–Trinajstić information content (AvgIpc) is 2.35. The first-order chi connectivity index (χ1) is 8.43. The molecule has 1 amide bonds. The molecule has 1 heterocycles. The number of amides is 1. The molecule has 0 atom stereocenters. The summed E-state index contributed by atoms with van der Waals surface area (Å²) >= 11 is 0. The second-order valence-corrected chi connectivity index (χ2v) is 4.17. The predicted octanol–water partition coefficient (Wildman–Crippen LogP) is 2.24. The van der Waals surface area contributed by atoms with E-state index in [0.29, 0.717) is 11.4 Å². The highest BCUT2D eigenvalue weighted by Gasteiger charge is 2.12.